The van der Waals surface area contributed by atoms with E-state index in [2.05, 4.69) is 4.98 Å². The molecule has 1 aromatic heterocycles. The molecular formula is C8H4ClF6N. The highest BCUT2D eigenvalue weighted by Gasteiger charge is 2.38. The smallest absolute Gasteiger partial charge is 0.248 e. The average Bonchev–Trinajstić information content (AvgIpc) is 2.14. The molecule has 0 amide bonds. The van der Waals surface area contributed by atoms with Gasteiger partial charge in [-0.1, -0.05) is 0 Å². The Morgan fingerprint density at radius 3 is 2.25 bits per heavy atom. The highest BCUT2D eigenvalue weighted by molar-refractivity contribution is 6.17. The van der Waals surface area contributed by atoms with Crippen LogP contribution in [0.15, 0.2) is 6.20 Å². The molecule has 0 atom stereocenters. The van der Waals surface area contributed by atoms with Gasteiger partial charge in [0.2, 0.25) is 0 Å². The summed E-state index contributed by atoms with van der Waals surface area (Å²) >= 11 is 5.14. The standard InChI is InChI=1S/C8H4ClF6N/c9-1-3-4(7(11)12)2-16-6(5(3)10)8(13,14)15/h2,7H,1H2. The number of pyridine rings is 1. The van der Waals surface area contributed by atoms with Gasteiger partial charge in [-0.25, -0.2) is 18.2 Å². The van der Waals surface area contributed by atoms with Crippen LogP contribution in [0.4, 0.5) is 26.3 Å². The van der Waals surface area contributed by atoms with Gasteiger partial charge in [-0.2, -0.15) is 13.2 Å². The maximum Gasteiger partial charge on any atom is 0.436 e. The van der Waals surface area contributed by atoms with Gasteiger partial charge < -0.3 is 0 Å². The van der Waals surface area contributed by atoms with Crippen LogP contribution in [0.1, 0.15) is 23.2 Å². The Kier molecular flexibility index (Phi) is 3.67. The number of nitrogens with zero attached hydrogens (tertiary/aromatic N) is 1. The molecule has 0 aliphatic carbocycles. The van der Waals surface area contributed by atoms with Crippen molar-refractivity contribution in [3.8, 4) is 0 Å². The van der Waals surface area contributed by atoms with E-state index in [1.54, 1.807) is 0 Å². The summed E-state index contributed by atoms with van der Waals surface area (Å²) in [6.45, 7) is 0. The molecule has 1 aromatic rings. The first-order chi connectivity index (χ1) is 7.29. The Morgan fingerprint density at radius 2 is 1.88 bits per heavy atom. The predicted octanol–water partition coefficient (Wildman–Crippen LogP) is 3.92. The molecular weight excluding hydrogens is 260 g/mol. The molecule has 16 heavy (non-hydrogen) atoms. The Balaban J connectivity index is 3.41. The third-order valence-corrected chi connectivity index (χ3v) is 2.06. The molecule has 0 saturated carbocycles. The number of rotatable bonds is 2. The molecule has 0 aliphatic rings. The van der Waals surface area contributed by atoms with Crippen molar-refractivity contribution < 1.29 is 26.3 Å². The quantitative estimate of drug-likeness (QED) is 0.582. The molecule has 0 fully saturated rings. The van der Waals surface area contributed by atoms with Crippen molar-refractivity contribution in [2.45, 2.75) is 18.5 Å². The Labute approximate surface area is 91.0 Å². The summed E-state index contributed by atoms with van der Waals surface area (Å²) < 4.78 is 74.2. The highest BCUT2D eigenvalue weighted by atomic mass is 35.5. The van der Waals surface area contributed by atoms with Gasteiger partial charge in [0.15, 0.2) is 11.5 Å². The van der Waals surface area contributed by atoms with Crippen LogP contribution >= 0.6 is 11.6 Å². The highest BCUT2D eigenvalue weighted by Crippen LogP contribution is 2.34. The van der Waals surface area contributed by atoms with Crippen LogP contribution in [-0.4, -0.2) is 4.98 Å². The maximum atomic E-state index is 13.2. The molecule has 0 saturated heterocycles. The minimum Gasteiger partial charge on any atom is -0.248 e. The van der Waals surface area contributed by atoms with E-state index in [0.717, 1.165) is 0 Å². The second-order valence-electron chi connectivity index (χ2n) is 2.79. The van der Waals surface area contributed by atoms with Gasteiger partial charge in [0.05, 0.1) is 5.88 Å². The van der Waals surface area contributed by atoms with E-state index in [1.807, 2.05) is 0 Å². The molecule has 0 N–H and O–H groups in total. The molecule has 0 unspecified atom stereocenters. The molecule has 0 aromatic carbocycles. The van der Waals surface area contributed by atoms with Gasteiger partial charge in [0.25, 0.3) is 6.43 Å². The number of hydrogen-bond donors (Lipinski definition) is 0. The monoisotopic (exact) mass is 263 g/mol. The van der Waals surface area contributed by atoms with Gasteiger partial charge in [-0.15, -0.1) is 11.6 Å². The Hall–Kier alpha value is -0.980. The summed E-state index contributed by atoms with van der Waals surface area (Å²) in [5.74, 6) is -2.63. The lowest BCUT2D eigenvalue weighted by Crippen LogP contribution is -2.14. The molecule has 1 nitrogen and oxygen atoms in total. The van der Waals surface area contributed by atoms with Crippen molar-refractivity contribution in [1.29, 1.82) is 0 Å². The van der Waals surface area contributed by atoms with E-state index in [9.17, 15) is 26.3 Å². The fourth-order valence-corrected chi connectivity index (χ4v) is 1.33. The molecule has 0 spiro atoms. The third kappa shape index (κ3) is 2.40. The predicted molar refractivity (Wildman–Crippen MR) is 43.7 cm³/mol. The normalized spacial score (nSPS) is 12.2. The van der Waals surface area contributed by atoms with E-state index in [-0.39, 0.29) is 6.20 Å². The van der Waals surface area contributed by atoms with Crippen molar-refractivity contribution in [1.82, 2.24) is 4.98 Å². The van der Waals surface area contributed by atoms with Gasteiger partial charge in [-0.05, 0) is 0 Å². The second-order valence-corrected chi connectivity index (χ2v) is 3.05. The summed E-state index contributed by atoms with van der Waals surface area (Å²) in [4.78, 5) is 2.64. The third-order valence-electron chi connectivity index (χ3n) is 1.79. The Bertz CT molecular complexity index is 389. The molecule has 90 valence electrons. The van der Waals surface area contributed by atoms with Gasteiger partial charge in [0, 0.05) is 17.3 Å². The van der Waals surface area contributed by atoms with E-state index >= 15 is 0 Å². The molecule has 1 heterocycles. The van der Waals surface area contributed by atoms with Crippen LogP contribution < -0.4 is 0 Å². The summed E-state index contributed by atoms with van der Waals surface area (Å²) in [5.41, 5.74) is -3.65. The zero-order chi connectivity index (χ0) is 12.5. The first kappa shape index (κ1) is 13.1. The number of aromatic nitrogens is 1. The van der Waals surface area contributed by atoms with Crippen LogP contribution in [0.3, 0.4) is 0 Å². The number of alkyl halides is 6. The average molecular weight is 264 g/mol. The lowest BCUT2D eigenvalue weighted by molar-refractivity contribution is -0.143. The number of hydrogen-bond acceptors (Lipinski definition) is 1. The summed E-state index contributed by atoms with van der Waals surface area (Å²) in [6, 6.07) is 0. The van der Waals surface area contributed by atoms with Gasteiger partial charge in [-0.3, -0.25) is 0 Å². The zero-order valence-corrected chi connectivity index (χ0v) is 8.21. The van der Waals surface area contributed by atoms with Crippen molar-refractivity contribution in [2.24, 2.45) is 0 Å². The van der Waals surface area contributed by atoms with E-state index < -0.39 is 41.1 Å². The zero-order valence-electron chi connectivity index (χ0n) is 7.45. The maximum absolute atomic E-state index is 13.2. The Morgan fingerprint density at radius 1 is 1.31 bits per heavy atom. The molecule has 0 bridgehead atoms. The topological polar surface area (TPSA) is 12.9 Å². The fraction of sp³-hybridized carbons (Fsp3) is 0.375. The fourth-order valence-electron chi connectivity index (χ4n) is 1.06. The minimum atomic E-state index is -5.04. The van der Waals surface area contributed by atoms with Crippen LogP contribution in [0.2, 0.25) is 0 Å². The van der Waals surface area contributed by atoms with Crippen molar-refractivity contribution in [2.75, 3.05) is 0 Å². The van der Waals surface area contributed by atoms with Crippen LogP contribution in [0, 0.1) is 5.82 Å². The number of halogens is 7. The van der Waals surface area contributed by atoms with Crippen LogP contribution in [0.5, 0.6) is 0 Å². The summed E-state index contributed by atoms with van der Waals surface area (Å²) in [6.07, 6.45) is -7.88. The van der Waals surface area contributed by atoms with Crippen LogP contribution in [-0.2, 0) is 12.1 Å². The van der Waals surface area contributed by atoms with Gasteiger partial charge >= 0.3 is 6.18 Å². The minimum absolute atomic E-state index is 0.286. The van der Waals surface area contributed by atoms with E-state index in [0.29, 0.717) is 0 Å². The summed E-state index contributed by atoms with van der Waals surface area (Å²) in [5, 5.41) is 0. The van der Waals surface area contributed by atoms with E-state index in [4.69, 9.17) is 11.6 Å². The molecule has 0 radical (unpaired) electrons. The lowest BCUT2D eigenvalue weighted by Gasteiger charge is -2.12. The largest absolute Gasteiger partial charge is 0.436 e. The molecule has 8 heteroatoms. The lowest BCUT2D eigenvalue weighted by atomic mass is 10.1. The van der Waals surface area contributed by atoms with Gasteiger partial charge in [0.1, 0.15) is 0 Å². The SMILES string of the molecule is Fc1c(C(F)(F)F)ncc(C(F)F)c1CCl. The molecule has 1 rings (SSSR count). The van der Waals surface area contributed by atoms with Crippen LogP contribution in [0.25, 0.3) is 0 Å². The first-order valence-corrected chi connectivity index (χ1v) is 4.41. The summed E-state index contributed by atoms with van der Waals surface area (Å²) in [7, 11) is 0. The van der Waals surface area contributed by atoms with Crippen molar-refractivity contribution >= 4 is 11.6 Å². The van der Waals surface area contributed by atoms with E-state index in [1.165, 1.54) is 0 Å². The van der Waals surface area contributed by atoms with Crippen molar-refractivity contribution in [3.63, 3.8) is 0 Å². The van der Waals surface area contributed by atoms with Crippen molar-refractivity contribution in [3.05, 3.63) is 28.8 Å². The first-order valence-electron chi connectivity index (χ1n) is 3.87. The molecule has 0 aliphatic heterocycles. The second kappa shape index (κ2) is 4.48.